The number of carbonyl (C=O) groups excluding carboxylic acids is 1. The summed E-state index contributed by atoms with van der Waals surface area (Å²) in [5.74, 6) is 0.388. The summed E-state index contributed by atoms with van der Waals surface area (Å²) >= 11 is 7.23. The molecule has 28 heavy (non-hydrogen) atoms. The quantitative estimate of drug-likeness (QED) is 0.441. The summed E-state index contributed by atoms with van der Waals surface area (Å²) in [6.45, 7) is 1.89. The van der Waals surface area contributed by atoms with Gasteiger partial charge in [0, 0.05) is 16.5 Å². The average Bonchev–Trinajstić information content (AvgIpc) is 3.10. The Morgan fingerprint density at radius 2 is 2.04 bits per heavy atom. The standard InChI is InChI=1S/C19H16ClN3O4S/c1-12-16(3-2-4-17(12)23(25)26)22-18(24)9-14-11-28-19(21-14)10-27-15-7-5-13(20)6-8-15/h2-8,11H,9-10H2,1H3,(H,22,24). The van der Waals surface area contributed by atoms with Crippen LogP contribution in [-0.4, -0.2) is 15.8 Å². The largest absolute Gasteiger partial charge is 0.486 e. The van der Waals surface area contributed by atoms with Gasteiger partial charge in [-0.15, -0.1) is 11.3 Å². The van der Waals surface area contributed by atoms with E-state index in [0.717, 1.165) is 5.01 Å². The summed E-state index contributed by atoms with van der Waals surface area (Å²) in [5.41, 5.74) is 1.41. The minimum absolute atomic E-state index is 0.0342. The maximum atomic E-state index is 12.3. The van der Waals surface area contributed by atoms with Crippen LogP contribution in [0.25, 0.3) is 0 Å². The van der Waals surface area contributed by atoms with Gasteiger partial charge < -0.3 is 10.1 Å². The predicted molar refractivity (Wildman–Crippen MR) is 108 cm³/mol. The molecule has 3 rings (SSSR count). The number of rotatable bonds is 7. The number of nitrogens with one attached hydrogen (secondary N) is 1. The van der Waals surface area contributed by atoms with E-state index >= 15 is 0 Å². The van der Waals surface area contributed by atoms with Gasteiger partial charge in [-0.25, -0.2) is 4.98 Å². The van der Waals surface area contributed by atoms with E-state index in [2.05, 4.69) is 10.3 Å². The molecule has 7 nitrogen and oxygen atoms in total. The van der Waals surface area contributed by atoms with Crippen molar-refractivity contribution in [3.63, 3.8) is 0 Å². The molecule has 0 spiro atoms. The second kappa shape index (κ2) is 8.81. The number of anilines is 1. The molecule has 0 bridgehead atoms. The summed E-state index contributed by atoms with van der Waals surface area (Å²) in [5, 5.41) is 16.9. The van der Waals surface area contributed by atoms with E-state index < -0.39 is 4.92 Å². The minimum atomic E-state index is -0.474. The third kappa shape index (κ3) is 5.05. The van der Waals surface area contributed by atoms with Crippen molar-refractivity contribution in [3.05, 3.63) is 79.2 Å². The molecule has 1 amide bonds. The topological polar surface area (TPSA) is 94.4 Å². The Bertz CT molecular complexity index is 1000. The van der Waals surface area contributed by atoms with Crippen LogP contribution in [0.5, 0.6) is 5.75 Å². The summed E-state index contributed by atoms with van der Waals surface area (Å²) in [6, 6.07) is 11.6. The van der Waals surface area contributed by atoms with Gasteiger partial charge in [0.25, 0.3) is 5.69 Å². The van der Waals surface area contributed by atoms with E-state index in [9.17, 15) is 14.9 Å². The van der Waals surface area contributed by atoms with Gasteiger partial charge in [0.05, 0.1) is 28.3 Å². The first-order valence-corrected chi connectivity index (χ1v) is 9.53. The fourth-order valence-electron chi connectivity index (χ4n) is 2.49. The van der Waals surface area contributed by atoms with Crippen molar-refractivity contribution in [1.82, 2.24) is 4.98 Å². The van der Waals surface area contributed by atoms with Crippen molar-refractivity contribution in [2.45, 2.75) is 20.0 Å². The number of halogens is 1. The molecule has 0 unspecified atom stereocenters. The van der Waals surface area contributed by atoms with Gasteiger partial charge in [0.1, 0.15) is 17.4 Å². The molecule has 0 aliphatic heterocycles. The van der Waals surface area contributed by atoms with E-state index in [0.29, 0.717) is 27.7 Å². The van der Waals surface area contributed by atoms with E-state index in [1.807, 2.05) is 0 Å². The lowest BCUT2D eigenvalue weighted by atomic mass is 10.1. The van der Waals surface area contributed by atoms with Crippen molar-refractivity contribution in [3.8, 4) is 5.75 Å². The van der Waals surface area contributed by atoms with Crippen LogP contribution < -0.4 is 10.1 Å². The number of amides is 1. The number of nitro benzene ring substituents is 1. The monoisotopic (exact) mass is 417 g/mol. The van der Waals surface area contributed by atoms with Crippen molar-refractivity contribution in [2.75, 3.05) is 5.32 Å². The van der Waals surface area contributed by atoms with Crippen LogP contribution in [0.15, 0.2) is 47.8 Å². The smallest absolute Gasteiger partial charge is 0.274 e. The molecule has 3 aromatic rings. The summed E-state index contributed by atoms with van der Waals surface area (Å²) in [4.78, 5) is 27.2. The Morgan fingerprint density at radius 3 is 2.75 bits per heavy atom. The Balaban J connectivity index is 1.57. The fraction of sp³-hybridized carbons (Fsp3) is 0.158. The van der Waals surface area contributed by atoms with Crippen LogP contribution >= 0.6 is 22.9 Å². The van der Waals surface area contributed by atoms with Gasteiger partial charge in [-0.3, -0.25) is 14.9 Å². The van der Waals surface area contributed by atoms with Gasteiger partial charge in [-0.2, -0.15) is 0 Å². The number of ether oxygens (including phenoxy) is 1. The zero-order valence-corrected chi connectivity index (χ0v) is 16.4. The second-order valence-electron chi connectivity index (χ2n) is 5.91. The lowest BCUT2D eigenvalue weighted by Crippen LogP contribution is -2.15. The van der Waals surface area contributed by atoms with Crippen LogP contribution in [0.2, 0.25) is 5.02 Å². The summed E-state index contributed by atoms with van der Waals surface area (Å²) in [7, 11) is 0. The van der Waals surface area contributed by atoms with Crippen LogP contribution in [0, 0.1) is 17.0 Å². The number of nitro groups is 1. The molecule has 0 saturated carbocycles. The van der Waals surface area contributed by atoms with Crippen molar-refractivity contribution in [2.24, 2.45) is 0 Å². The Kier molecular flexibility index (Phi) is 6.23. The highest BCUT2D eigenvalue weighted by molar-refractivity contribution is 7.09. The molecular weight excluding hydrogens is 402 g/mol. The predicted octanol–water partition coefficient (Wildman–Crippen LogP) is 4.77. The first kappa shape index (κ1) is 19.8. The molecule has 0 aliphatic carbocycles. The molecule has 9 heteroatoms. The first-order valence-electron chi connectivity index (χ1n) is 8.28. The number of carbonyl (C=O) groups is 1. The number of hydrogen-bond donors (Lipinski definition) is 1. The highest BCUT2D eigenvalue weighted by Gasteiger charge is 2.15. The van der Waals surface area contributed by atoms with Crippen molar-refractivity contribution < 1.29 is 14.5 Å². The Hall–Kier alpha value is -2.97. The normalized spacial score (nSPS) is 10.5. The summed E-state index contributed by atoms with van der Waals surface area (Å²) < 4.78 is 5.64. The number of hydrogen-bond acceptors (Lipinski definition) is 6. The minimum Gasteiger partial charge on any atom is -0.486 e. The van der Waals surface area contributed by atoms with Gasteiger partial charge >= 0.3 is 0 Å². The van der Waals surface area contributed by atoms with Crippen LogP contribution in [0.1, 0.15) is 16.3 Å². The molecule has 0 atom stereocenters. The van der Waals surface area contributed by atoms with Crippen molar-refractivity contribution >= 4 is 40.2 Å². The molecule has 1 N–H and O–H groups in total. The molecule has 0 aliphatic rings. The van der Waals surface area contributed by atoms with Gasteiger partial charge in [-0.05, 0) is 37.3 Å². The van der Waals surface area contributed by atoms with Gasteiger partial charge in [0.2, 0.25) is 5.91 Å². The van der Waals surface area contributed by atoms with Crippen LogP contribution in [-0.2, 0) is 17.8 Å². The molecule has 0 saturated heterocycles. The fourth-order valence-corrected chi connectivity index (χ4v) is 3.32. The highest BCUT2D eigenvalue weighted by Crippen LogP contribution is 2.25. The van der Waals surface area contributed by atoms with Crippen molar-refractivity contribution in [1.29, 1.82) is 0 Å². The molecule has 0 radical (unpaired) electrons. The molecule has 0 fully saturated rings. The maximum Gasteiger partial charge on any atom is 0.274 e. The number of nitrogens with zero attached hydrogens (tertiary/aromatic N) is 2. The third-order valence-electron chi connectivity index (χ3n) is 3.89. The van der Waals surface area contributed by atoms with E-state index in [1.54, 1.807) is 42.6 Å². The molecule has 1 heterocycles. The summed E-state index contributed by atoms with van der Waals surface area (Å²) in [6.07, 6.45) is 0.0690. The SMILES string of the molecule is Cc1c(NC(=O)Cc2csc(COc3ccc(Cl)cc3)n2)cccc1[N+](=O)[O-]. The van der Waals surface area contributed by atoms with E-state index in [1.165, 1.54) is 23.5 Å². The maximum absolute atomic E-state index is 12.3. The van der Waals surface area contributed by atoms with E-state index in [4.69, 9.17) is 16.3 Å². The van der Waals surface area contributed by atoms with E-state index in [-0.39, 0.29) is 24.6 Å². The zero-order valence-electron chi connectivity index (χ0n) is 14.8. The number of thiazole rings is 1. The highest BCUT2D eigenvalue weighted by atomic mass is 35.5. The van der Waals surface area contributed by atoms with Crippen LogP contribution in [0.3, 0.4) is 0 Å². The molecule has 144 valence electrons. The van der Waals surface area contributed by atoms with Crippen LogP contribution in [0.4, 0.5) is 11.4 Å². The second-order valence-corrected chi connectivity index (χ2v) is 7.29. The lowest BCUT2D eigenvalue weighted by molar-refractivity contribution is -0.385. The molecule has 2 aromatic carbocycles. The Labute approximate surface area is 170 Å². The Morgan fingerprint density at radius 1 is 1.29 bits per heavy atom. The third-order valence-corrected chi connectivity index (χ3v) is 5.02. The number of aromatic nitrogens is 1. The first-order chi connectivity index (χ1) is 13.4. The van der Waals surface area contributed by atoms with Gasteiger partial charge in [-0.1, -0.05) is 17.7 Å². The molecular formula is C19H16ClN3O4S. The number of benzene rings is 2. The average molecular weight is 418 g/mol. The lowest BCUT2D eigenvalue weighted by Gasteiger charge is -2.07. The molecule has 1 aromatic heterocycles. The van der Waals surface area contributed by atoms with Gasteiger partial charge in [0.15, 0.2) is 0 Å². The zero-order chi connectivity index (χ0) is 20.1.